The average Bonchev–Trinajstić information content (AvgIpc) is 3.21. The van der Waals surface area contributed by atoms with E-state index in [9.17, 15) is 14.0 Å². The second-order valence-corrected chi connectivity index (χ2v) is 7.75. The number of aromatic nitrogens is 2. The lowest BCUT2D eigenvalue weighted by molar-refractivity contribution is 0.448. The minimum absolute atomic E-state index is 0.0411. The molecule has 0 aliphatic carbocycles. The number of aryl methyl sites for hydroxylation is 1. The number of benzene rings is 2. The molecular weight excluding hydrogens is 409 g/mol. The van der Waals surface area contributed by atoms with Gasteiger partial charge < -0.3 is 10.2 Å². The number of hydrogen-bond donors (Lipinski definition) is 1. The third-order valence-corrected chi connectivity index (χ3v) is 5.55. The number of furan rings is 1. The molecule has 4 aromatic rings. The average molecular weight is 433 g/mol. The first-order chi connectivity index (χ1) is 15.4. The van der Waals surface area contributed by atoms with Crippen LogP contribution in [0.4, 0.5) is 4.39 Å². The van der Waals surface area contributed by atoms with Gasteiger partial charge in [0.2, 0.25) is 0 Å². The summed E-state index contributed by atoms with van der Waals surface area (Å²) in [6.07, 6.45) is 0. The molecule has 0 spiro atoms. The van der Waals surface area contributed by atoms with E-state index in [1.54, 1.807) is 31.2 Å². The van der Waals surface area contributed by atoms with Crippen LogP contribution in [0.2, 0.25) is 0 Å². The Morgan fingerprint density at radius 3 is 2.28 bits per heavy atom. The van der Waals surface area contributed by atoms with Gasteiger partial charge in [-0.1, -0.05) is 48.5 Å². The van der Waals surface area contributed by atoms with E-state index >= 15 is 0 Å². The summed E-state index contributed by atoms with van der Waals surface area (Å²) in [6.45, 7) is 3.52. The van der Waals surface area contributed by atoms with E-state index in [0.29, 0.717) is 17.2 Å². The van der Waals surface area contributed by atoms with Crippen LogP contribution in [0.25, 0.3) is 11.1 Å². The summed E-state index contributed by atoms with van der Waals surface area (Å²) in [4.78, 5) is 26.8. The zero-order valence-corrected chi connectivity index (χ0v) is 17.9. The fourth-order valence-electron chi connectivity index (χ4n) is 3.85. The fourth-order valence-corrected chi connectivity index (χ4v) is 3.85. The summed E-state index contributed by atoms with van der Waals surface area (Å²) in [5.74, 6) is 0.731. The van der Waals surface area contributed by atoms with E-state index in [-0.39, 0.29) is 24.2 Å². The molecule has 0 amide bonds. The smallest absolute Gasteiger partial charge is 0.331 e. The largest absolute Gasteiger partial charge is 0.464 e. The van der Waals surface area contributed by atoms with Gasteiger partial charge in [-0.15, -0.1) is 0 Å². The van der Waals surface area contributed by atoms with Gasteiger partial charge in [0, 0.05) is 17.3 Å². The van der Waals surface area contributed by atoms with Crippen LogP contribution < -0.4 is 17.0 Å². The fraction of sp³-hybridized carbons (Fsp3) is 0.200. The van der Waals surface area contributed by atoms with E-state index in [0.717, 1.165) is 10.1 Å². The van der Waals surface area contributed by atoms with Gasteiger partial charge >= 0.3 is 5.69 Å². The Hall–Kier alpha value is -3.71. The minimum atomic E-state index is -0.586. The Morgan fingerprint density at radius 2 is 1.62 bits per heavy atom. The number of rotatable bonds is 6. The molecular formula is C25H24FN3O3. The van der Waals surface area contributed by atoms with Gasteiger partial charge in [-0.25, -0.2) is 9.18 Å². The SMILES string of the molecule is Cc1ccc(Cn2c(C)c(-c3ccccc3F)c(=O)n(C[C@H](N)c3ccccc3)c2=O)o1. The highest BCUT2D eigenvalue weighted by Gasteiger charge is 2.22. The summed E-state index contributed by atoms with van der Waals surface area (Å²) in [5.41, 5.74) is 6.66. The summed E-state index contributed by atoms with van der Waals surface area (Å²) >= 11 is 0. The second kappa shape index (κ2) is 8.80. The van der Waals surface area contributed by atoms with Gasteiger partial charge in [-0.2, -0.15) is 0 Å². The molecule has 0 saturated heterocycles. The van der Waals surface area contributed by atoms with Crippen molar-refractivity contribution >= 4 is 0 Å². The van der Waals surface area contributed by atoms with Crippen LogP contribution in [0.3, 0.4) is 0 Å². The van der Waals surface area contributed by atoms with Crippen LogP contribution >= 0.6 is 0 Å². The van der Waals surface area contributed by atoms with Gasteiger partial charge in [-0.05, 0) is 37.6 Å². The second-order valence-electron chi connectivity index (χ2n) is 7.75. The first kappa shape index (κ1) is 21.5. The quantitative estimate of drug-likeness (QED) is 0.502. The predicted octanol–water partition coefficient (Wildman–Crippen LogP) is 3.77. The Kier molecular flexibility index (Phi) is 5.92. The molecule has 32 heavy (non-hydrogen) atoms. The molecule has 2 heterocycles. The van der Waals surface area contributed by atoms with Crippen LogP contribution in [0, 0.1) is 19.7 Å². The van der Waals surface area contributed by atoms with E-state index in [1.165, 1.54) is 16.7 Å². The molecule has 4 rings (SSSR count). The highest BCUT2D eigenvalue weighted by atomic mass is 19.1. The van der Waals surface area contributed by atoms with Crippen LogP contribution in [0.5, 0.6) is 0 Å². The number of nitrogens with two attached hydrogens (primary N) is 1. The minimum Gasteiger partial charge on any atom is -0.464 e. The van der Waals surface area contributed by atoms with Crippen molar-refractivity contribution in [2.24, 2.45) is 5.73 Å². The highest BCUT2D eigenvalue weighted by molar-refractivity contribution is 5.65. The Labute approximate surface area is 184 Å². The summed E-state index contributed by atoms with van der Waals surface area (Å²) in [6, 6.07) is 18.3. The van der Waals surface area contributed by atoms with Gasteiger partial charge in [0.15, 0.2) is 0 Å². The van der Waals surface area contributed by atoms with E-state index in [4.69, 9.17) is 10.2 Å². The lowest BCUT2D eigenvalue weighted by Gasteiger charge is -2.19. The summed E-state index contributed by atoms with van der Waals surface area (Å²) in [7, 11) is 0. The monoisotopic (exact) mass is 433 g/mol. The molecule has 0 aliphatic heterocycles. The molecule has 2 N–H and O–H groups in total. The Balaban J connectivity index is 1.91. The zero-order valence-electron chi connectivity index (χ0n) is 17.9. The molecule has 0 aliphatic rings. The lowest BCUT2D eigenvalue weighted by atomic mass is 10.0. The number of halogens is 1. The van der Waals surface area contributed by atoms with Crippen molar-refractivity contribution in [1.29, 1.82) is 0 Å². The number of hydrogen-bond acceptors (Lipinski definition) is 4. The maximum Gasteiger partial charge on any atom is 0.331 e. The normalized spacial score (nSPS) is 12.1. The van der Waals surface area contributed by atoms with E-state index in [1.807, 2.05) is 37.3 Å². The number of nitrogens with zero attached hydrogens (tertiary/aromatic N) is 2. The molecule has 0 radical (unpaired) electrons. The maximum atomic E-state index is 14.7. The molecule has 0 fully saturated rings. The third kappa shape index (κ3) is 4.07. The standard InChI is InChI=1S/C25H24FN3O3/c1-16-12-13-19(32-16)14-28-17(2)23(20-10-6-7-11-21(20)26)24(30)29(25(28)31)15-22(27)18-8-4-3-5-9-18/h3-13,22H,14-15,27H2,1-2H3/t22-/m0/s1. The van der Waals surface area contributed by atoms with Crippen molar-refractivity contribution < 1.29 is 8.81 Å². The van der Waals surface area contributed by atoms with Crippen molar-refractivity contribution in [2.75, 3.05) is 0 Å². The van der Waals surface area contributed by atoms with Gasteiger partial charge in [0.1, 0.15) is 17.3 Å². The maximum absolute atomic E-state index is 14.7. The predicted molar refractivity (Wildman–Crippen MR) is 121 cm³/mol. The molecule has 164 valence electrons. The van der Waals surface area contributed by atoms with E-state index < -0.39 is 23.1 Å². The van der Waals surface area contributed by atoms with Crippen molar-refractivity contribution in [3.05, 3.63) is 116 Å². The van der Waals surface area contributed by atoms with Gasteiger partial charge in [0.25, 0.3) is 5.56 Å². The molecule has 0 unspecified atom stereocenters. The van der Waals surface area contributed by atoms with E-state index in [2.05, 4.69) is 0 Å². The van der Waals surface area contributed by atoms with Gasteiger partial charge in [0.05, 0.1) is 18.7 Å². The van der Waals surface area contributed by atoms with Crippen molar-refractivity contribution in [3.63, 3.8) is 0 Å². The van der Waals surface area contributed by atoms with Crippen LogP contribution in [0.15, 0.2) is 80.7 Å². The third-order valence-electron chi connectivity index (χ3n) is 5.55. The Morgan fingerprint density at radius 1 is 0.938 bits per heavy atom. The van der Waals surface area contributed by atoms with Crippen molar-refractivity contribution in [2.45, 2.75) is 33.0 Å². The van der Waals surface area contributed by atoms with Crippen LogP contribution in [-0.2, 0) is 13.1 Å². The van der Waals surface area contributed by atoms with Crippen LogP contribution in [0.1, 0.15) is 28.8 Å². The van der Waals surface area contributed by atoms with Crippen molar-refractivity contribution in [1.82, 2.24) is 9.13 Å². The molecule has 7 heteroatoms. The topological polar surface area (TPSA) is 83.2 Å². The summed E-state index contributed by atoms with van der Waals surface area (Å²) < 4.78 is 22.8. The van der Waals surface area contributed by atoms with Gasteiger partial charge in [-0.3, -0.25) is 13.9 Å². The van der Waals surface area contributed by atoms with Crippen LogP contribution in [-0.4, -0.2) is 9.13 Å². The molecule has 2 aromatic carbocycles. The zero-order chi connectivity index (χ0) is 22.8. The molecule has 0 bridgehead atoms. The first-order valence-corrected chi connectivity index (χ1v) is 10.3. The molecule has 1 atom stereocenters. The molecule has 6 nitrogen and oxygen atoms in total. The molecule has 0 saturated carbocycles. The molecule has 2 aromatic heterocycles. The highest BCUT2D eigenvalue weighted by Crippen LogP contribution is 2.23. The summed E-state index contributed by atoms with van der Waals surface area (Å²) in [5, 5.41) is 0. The Bertz CT molecular complexity index is 1370. The van der Waals surface area contributed by atoms with Crippen molar-refractivity contribution in [3.8, 4) is 11.1 Å². The lowest BCUT2D eigenvalue weighted by Crippen LogP contribution is -2.44. The first-order valence-electron chi connectivity index (χ1n) is 10.3.